The van der Waals surface area contributed by atoms with Crippen molar-refractivity contribution in [2.24, 2.45) is 22.7 Å². The molecule has 34 heavy (non-hydrogen) atoms. The number of ketones is 3. The maximum absolute atomic E-state index is 17.1. The number of carbonyl (C=O) groups is 5. The zero-order chi connectivity index (χ0) is 25.3. The van der Waals surface area contributed by atoms with Gasteiger partial charge < -0.3 is 14.6 Å². The second-order valence-electron chi connectivity index (χ2n) is 10.4. The van der Waals surface area contributed by atoms with Gasteiger partial charge in [0.15, 0.2) is 29.4 Å². The molecule has 9 heteroatoms. The predicted molar refractivity (Wildman–Crippen MR) is 115 cm³/mol. The second-order valence-corrected chi connectivity index (χ2v) is 10.4. The van der Waals surface area contributed by atoms with Crippen LogP contribution in [0.4, 0.5) is 4.39 Å². The highest BCUT2D eigenvalue weighted by Gasteiger charge is 2.77. The SMILES string of the molecule is CC(=O)OCC(=O)[C@@]1(O)[C@H](OC(C)=O)C[C@H]2[C@@H]3CCC4=CC(=O)C=C[C@]4(C)[C@@]3(F)C(=O)C[C@@]21C. The number of allylic oxidation sites excluding steroid dienone is 4. The quantitative estimate of drug-likeness (QED) is 0.611. The lowest BCUT2D eigenvalue weighted by molar-refractivity contribution is -0.197. The van der Waals surface area contributed by atoms with Crippen LogP contribution < -0.4 is 0 Å². The zero-order valence-electron chi connectivity index (χ0n) is 19.7. The number of alkyl halides is 1. The van der Waals surface area contributed by atoms with Gasteiger partial charge in [-0.25, -0.2) is 4.39 Å². The first-order chi connectivity index (χ1) is 15.7. The van der Waals surface area contributed by atoms with E-state index < -0.39 is 76.6 Å². The fourth-order valence-corrected chi connectivity index (χ4v) is 7.04. The van der Waals surface area contributed by atoms with Crippen LogP contribution in [0.25, 0.3) is 0 Å². The van der Waals surface area contributed by atoms with Crippen LogP contribution in [0.3, 0.4) is 0 Å². The summed E-state index contributed by atoms with van der Waals surface area (Å²) in [4.78, 5) is 61.9. The van der Waals surface area contributed by atoms with E-state index in [-0.39, 0.29) is 18.6 Å². The Labute approximate surface area is 196 Å². The summed E-state index contributed by atoms with van der Waals surface area (Å²) in [5.41, 5.74) is -6.93. The monoisotopic (exact) mass is 476 g/mol. The Balaban J connectivity index is 1.81. The number of hydrogen-bond acceptors (Lipinski definition) is 8. The number of Topliss-reactive ketones (excluding diaryl/α,β-unsaturated/α-hetero) is 2. The summed E-state index contributed by atoms with van der Waals surface area (Å²) >= 11 is 0. The lowest BCUT2D eigenvalue weighted by Gasteiger charge is -2.59. The van der Waals surface area contributed by atoms with Gasteiger partial charge in [-0.1, -0.05) is 18.6 Å². The maximum Gasteiger partial charge on any atom is 0.303 e. The molecule has 8 nitrogen and oxygen atoms in total. The Hall–Kier alpha value is -2.68. The molecule has 3 saturated carbocycles. The van der Waals surface area contributed by atoms with Gasteiger partial charge in [0.2, 0.25) is 5.78 Å². The van der Waals surface area contributed by atoms with Crippen molar-refractivity contribution >= 4 is 29.3 Å². The molecule has 0 heterocycles. The molecule has 4 rings (SSSR count). The summed E-state index contributed by atoms with van der Waals surface area (Å²) in [5, 5.41) is 11.8. The summed E-state index contributed by atoms with van der Waals surface area (Å²) in [6, 6.07) is 0. The minimum absolute atomic E-state index is 0.0280. The lowest BCUT2D eigenvalue weighted by Crippen LogP contribution is -2.68. The number of halogens is 1. The number of rotatable bonds is 4. The van der Waals surface area contributed by atoms with Gasteiger partial charge >= 0.3 is 11.9 Å². The van der Waals surface area contributed by atoms with Crippen molar-refractivity contribution in [1.29, 1.82) is 0 Å². The van der Waals surface area contributed by atoms with Gasteiger partial charge in [-0.3, -0.25) is 24.0 Å². The third kappa shape index (κ3) is 3.01. The molecule has 1 N–H and O–H groups in total. The first-order valence-electron chi connectivity index (χ1n) is 11.4. The molecule has 0 aromatic rings. The fraction of sp³-hybridized carbons (Fsp3) is 0.640. The number of esters is 2. The topological polar surface area (TPSA) is 124 Å². The Morgan fingerprint density at radius 2 is 1.82 bits per heavy atom. The van der Waals surface area contributed by atoms with Crippen molar-refractivity contribution in [3.8, 4) is 0 Å². The van der Waals surface area contributed by atoms with Crippen LogP contribution in [-0.4, -0.2) is 58.4 Å². The van der Waals surface area contributed by atoms with E-state index in [2.05, 4.69) is 0 Å². The molecule has 0 aromatic carbocycles. The van der Waals surface area contributed by atoms with E-state index in [0.717, 1.165) is 13.8 Å². The Kier molecular flexibility index (Phi) is 5.51. The van der Waals surface area contributed by atoms with Crippen molar-refractivity contribution < 1.29 is 42.9 Å². The van der Waals surface area contributed by atoms with Crippen molar-refractivity contribution in [1.82, 2.24) is 0 Å². The van der Waals surface area contributed by atoms with Crippen LogP contribution in [0.2, 0.25) is 0 Å². The highest BCUT2D eigenvalue weighted by Crippen LogP contribution is 2.69. The second kappa shape index (κ2) is 7.66. The molecule has 0 aromatic heterocycles. The van der Waals surface area contributed by atoms with Gasteiger partial charge in [-0.15, -0.1) is 0 Å². The molecule has 0 unspecified atom stereocenters. The first kappa shape index (κ1) is 24.4. The van der Waals surface area contributed by atoms with Crippen molar-refractivity contribution in [2.45, 2.75) is 70.8 Å². The Bertz CT molecular complexity index is 1060. The zero-order valence-corrected chi connectivity index (χ0v) is 19.7. The van der Waals surface area contributed by atoms with Crippen LogP contribution >= 0.6 is 0 Å². The molecule has 0 spiro atoms. The smallest absolute Gasteiger partial charge is 0.303 e. The highest BCUT2D eigenvalue weighted by molar-refractivity contribution is 6.03. The van der Waals surface area contributed by atoms with Gasteiger partial charge in [0.05, 0.1) is 0 Å². The number of ether oxygens (including phenoxy) is 2. The van der Waals surface area contributed by atoms with Gasteiger partial charge in [0.1, 0.15) is 6.10 Å². The summed E-state index contributed by atoms with van der Waals surface area (Å²) in [7, 11) is 0. The molecule has 0 amide bonds. The number of carbonyl (C=O) groups excluding carboxylic acids is 5. The van der Waals surface area contributed by atoms with E-state index in [1.165, 1.54) is 25.2 Å². The highest BCUT2D eigenvalue weighted by atomic mass is 19.1. The molecule has 184 valence electrons. The van der Waals surface area contributed by atoms with Crippen molar-refractivity contribution in [2.75, 3.05) is 6.61 Å². The lowest BCUT2D eigenvalue weighted by atomic mass is 9.45. The van der Waals surface area contributed by atoms with E-state index in [1.807, 2.05) is 0 Å². The minimum Gasteiger partial charge on any atom is -0.459 e. The van der Waals surface area contributed by atoms with Gasteiger partial charge in [-0.2, -0.15) is 0 Å². The van der Waals surface area contributed by atoms with Gasteiger partial charge in [0, 0.05) is 37.0 Å². The largest absolute Gasteiger partial charge is 0.459 e. The average molecular weight is 476 g/mol. The average Bonchev–Trinajstić information content (AvgIpc) is 2.95. The normalized spacial score (nSPS) is 42.8. The van der Waals surface area contributed by atoms with E-state index in [4.69, 9.17) is 9.47 Å². The van der Waals surface area contributed by atoms with Crippen molar-refractivity contribution in [3.63, 3.8) is 0 Å². The Morgan fingerprint density at radius 1 is 1.15 bits per heavy atom. The minimum atomic E-state index is -2.36. The molecule has 0 saturated heterocycles. The van der Waals surface area contributed by atoms with Crippen LogP contribution in [-0.2, 0) is 33.4 Å². The summed E-state index contributed by atoms with van der Waals surface area (Å²) in [5.74, 6) is -4.97. The standard InChI is InChI=1S/C25H29FO8/c1-13(27)33-12-20(31)25(32)21(34-14(2)28)10-18-17-6-5-15-9-16(29)7-8-22(15,3)24(17,26)19(30)11-23(18,25)4/h7-9,17-18,21,32H,5-6,10-12H2,1-4H3/t17-,18-,21+,22-,23-,24-,25+/m0/s1. The van der Waals surface area contributed by atoms with E-state index in [9.17, 15) is 29.1 Å². The van der Waals surface area contributed by atoms with Crippen molar-refractivity contribution in [3.05, 3.63) is 23.8 Å². The summed E-state index contributed by atoms with van der Waals surface area (Å²) in [6.45, 7) is 4.62. The van der Waals surface area contributed by atoms with Crippen LogP contribution in [0.1, 0.15) is 53.4 Å². The molecule has 0 aliphatic heterocycles. The maximum atomic E-state index is 17.1. The molecule has 0 bridgehead atoms. The summed E-state index contributed by atoms with van der Waals surface area (Å²) in [6.07, 6.45) is 2.87. The third-order valence-electron chi connectivity index (χ3n) is 8.74. The number of aliphatic hydroxyl groups is 1. The van der Waals surface area contributed by atoms with E-state index >= 15 is 4.39 Å². The van der Waals surface area contributed by atoms with Crippen LogP contribution in [0.5, 0.6) is 0 Å². The first-order valence-corrected chi connectivity index (χ1v) is 11.4. The number of fused-ring (bicyclic) bond motifs is 5. The number of hydrogen-bond donors (Lipinski definition) is 1. The van der Waals surface area contributed by atoms with Gasteiger partial charge in [0.25, 0.3) is 0 Å². The van der Waals surface area contributed by atoms with E-state index in [1.54, 1.807) is 6.92 Å². The molecule has 4 aliphatic rings. The Morgan fingerprint density at radius 3 is 2.44 bits per heavy atom. The van der Waals surface area contributed by atoms with Crippen LogP contribution in [0, 0.1) is 22.7 Å². The third-order valence-corrected chi connectivity index (χ3v) is 8.74. The molecular weight excluding hydrogens is 447 g/mol. The molecule has 4 aliphatic carbocycles. The van der Waals surface area contributed by atoms with E-state index in [0.29, 0.717) is 12.0 Å². The molecule has 7 atom stereocenters. The molecule has 0 radical (unpaired) electrons. The molecular formula is C25H29FO8. The fourth-order valence-electron chi connectivity index (χ4n) is 7.04. The summed E-state index contributed by atoms with van der Waals surface area (Å²) < 4.78 is 27.2. The predicted octanol–water partition coefficient (Wildman–Crippen LogP) is 1.97. The molecule has 3 fully saturated rings. The van der Waals surface area contributed by atoms with Gasteiger partial charge in [-0.05, 0) is 44.3 Å². The van der Waals surface area contributed by atoms with Crippen LogP contribution in [0.15, 0.2) is 23.8 Å².